The number of nitrogens with zero attached hydrogens (tertiary/aromatic N) is 2. The van der Waals surface area contributed by atoms with Crippen LogP contribution in [0.2, 0.25) is 0 Å². The maximum Gasteiger partial charge on any atom is 0.270 e. The molecule has 1 N–H and O–H groups in total. The van der Waals surface area contributed by atoms with E-state index in [9.17, 15) is 4.79 Å². The molecule has 1 aliphatic heterocycles. The summed E-state index contributed by atoms with van der Waals surface area (Å²) in [4.78, 5) is 14.9. The quantitative estimate of drug-likeness (QED) is 0.838. The fourth-order valence-corrected chi connectivity index (χ4v) is 2.99. The first-order chi connectivity index (χ1) is 10.1. The van der Waals surface area contributed by atoms with Crippen molar-refractivity contribution in [1.82, 2.24) is 14.8 Å². The molecular formula is C17H29N3O. The topological polar surface area (TPSA) is 37.3 Å². The number of unbranched alkanes of at least 4 members (excludes halogenated alkanes) is 1. The van der Waals surface area contributed by atoms with E-state index in [2.05, 4.69) is 30.7 Å². The van der Waals surface area contributed by atoms with Crippen LogP contribution in [0, 0.1) is 0 Å². The number of carbonyl (C=O) groups excluding carboxylic acids is 1. The van der Waals surface area contributed by atoms with Gasteiger partial charge in [-0.3, -0.25) is 4.79 Å². The summed E-state index contributed by atoms with van der Waals surface area (Å²) in [5.74, 6) is 0.177. The van der Waals surface area contributed by atoms with Gasteiger partial charge in [0.05, 0.1) is 0 Å². The zero-order chi connectivity index (χ0) is 15.2. The Morgan fingerprint density at radius 3 is 2.95 bits per heavy atom. The molecule has 118 valence electrons. The molecule has 0 radical (unpaired) electrons. The minimum absolute atomic E-state index is 0.177. The van der Waals surface area contributed by atoms with Crippen molar-refractivity contribution < 1.29 is 4.79 Å². The highest BCUT2D eigenvalue weighted by Gasteiger charge is 2.24. The van der Waals surface area contributed by atoms with Crippen LogP contribution in [0.5, 0.6) is 0 Å². The molecule has 4 heteroatoms. The van der Waals surface area contributed by atoms with E-state index < -0.39 is 0 Å². The Morgan fingerprint density at radius 2 is 2.33 bits per heavy atom. The largest absolute Gasteiger partial charge is 0.341 e. The van der Waals surface area contributed by atoms with E-state index in [1.165, 1.54) is 12.8 Å². The number of hydrogen-bond donors (Lipinski definition) is 1. The van der Waals surface area contributed by atoms with Gasteiger partial charge >= 0.3 is 0 Å². The summed E-state index contributed by atoms with van der Waals surface area (Å²) < 4.78 is 2.07. The lowest BCUT2D eigenvalue weighted by molar-refractivity contribution is 0.0727. The number of aromatic nitrogens is 1. The number of amides is 1. The minimum atomic E-state index is 0.177. The van der Waals surface area contributed by atoms with Gasteiger partial charge in [-0.15, -0.1) is 0 Å². The van der Waals surface area contributed by atoms with Crippen LogP contribution in [-0.4, -0.2) is 41.1 Å². The SMILES string of the molecule is CCCCN(CC1CCCN1)C(=O)c1cccn1C(C)C. The zero-order valence-electron chi connectivity index (χ0n) is 13.6. The molecule has 21 heavy (non-hydrogen) atoms. The monoisotopic (exact) mass is 291 g/mol. The average molecular weight is 291 g/mol. The van der Waals surface area contributed by atoms with Crippen LogP contribution in [0.4, 0.5) is 0 Å². The Labute approximate surface area is 128 Å². The third-order valence-corrected chi connectivity index (χ3v) is 4.23. The van der Waals surface area contributed by atoms with Crippen LogP contribution in [0.25, 0.3) is 0 Å². The third-order valence-electron chi connectivity index (χ3n) is 4.23. The van der Waals surface area contributed by atoms with Crippen molar-refractivity contribution in [2.75, 3.05) is 19.6 Å². The van der Waals surface area contributed by atoms with E-state index in [0.717, 1.165) is 38.2 Å². The van der Waals surface area contributed by atoms with Crippen LogP contribution in [0.15, 0.2) is 18.3 Å². The highest BCUT2D eigenvalue weighted by molar-refractivity contribution is 5.92. The number of carbonyl (C=O) groups is 1. The van der Waals surface area contributed by atoms with Crippen molar-refractivity contribution in [3.8, 4) is 0 Å². The Morgan fingerprint density at radius 1 is 1.52 bits per heavy atom. The molecule has 2 heterocycles. The second-order valence-electron chi connectivity index (χ2n) is 6.29. The van der Waals surface area contributed by atoms with Crippen LogP contribution in [-0.2, 0) is 0 Å². The van der Waals surface area contributed by atoms with Gasteiger partial charge in [-0.05, 0) is 51.8 Å². The van der Waals surface area contributed by atoms with Crippen LogP contribution >= 0.6 is 0 Å². The van der Waals surface area contributed by atoms with E-state index in [0.29, 0.717) is 12.1 Å². The van der Waals surface area contributed by atoms with Crippen LogP contribution < -0.4 is 5.32 Å². The first-order valence-electron chi connectivity index (χ1n) is 8.33. The fourth-order valence-electron chi connectivity index (χ4n) is 2.99. The first-order valence-corrected chi connectivity index (χ1v) is 8.33. The first kappa shape index (κ1) is 16.1. The lowest BCUT2D eigenvalue weighted by Gasteiger charge is -2.27. The Hall–Kier alpha value is -1.29. The average Bonchev–Trinajstić information content (AvgIpc) is 3.13. The van der Waals surface area contributed by atoms with Crippen molar-refractivity contribution in [3.63, 3.8) is 0 Å². The molecule has 1 aliphatic rings. The summed E-state index contributed by atoms with van der Waals surface area (Å²) >= 11 is 0. The van der Waals surface area contributed by atoms with Gasteiger partial charge in [0.1, 0.15) is 5.69 Å². The minimum Gasteiger partial charge on any atom is -0.341 e. The van der Waals surface area contributed by atoms with E-state index in [1.54, 1.807) is 0 Å². The van der Waals surface area contributed by atoms with Gasteiger partial charge in [-0.1, -0.05) is 13.3 Å². The molecule has 0 saturated carbocycles. The predicted molar refractivity (Wildman–Crippen MR) is 86.7 cm³/mol. The van der Waals surface area contributed by atoms with Gasteiger partial charge in [0.25, 0.3) is 5.91 Å². The summed E-state index contributed by atoms with van der Waals surface area (Å²) in [5, 5.41) is 3.50. The van der Waals surface area contributed by atoms with Gasteiger partial charge in [0.2, 0.25) is 0 Å². The molecule has 1 unspecified atom stereocenters. The second-order valence-corrected chi connectivity index (χ2v) is 6.29. The summed E-state index contributed by atoms with van der Waals surface area (Å²) in [5.41, 5.74) is 0.819. The van der Waals surface area contributed by atoms with Gasteiger partial charge in [-0.2, -0.15) is 0 Å². The van der Waals surface area contributed by atoms with E-state index in [-0.39, 0.29) is 5.91 Å². The summed E-state index contributed by atoms with van der Waals surface area (Å²) in [6.45, 7) is 9.19. The Balaban J connectivity index is 2.10. The third kappa shape index (κ3) is 4.10. The van der Waals surface area contributed by atoms with Gasteiger partial charge in [-0.25, -0.2) is 0 Å². The standard InChI is InChI=1S/C17H29N3O/c1-4-5-11-19(13-15-8-6-10-18-15)17(21)16-9-7-12-20(16)14(2)3/h7,9,12,14-15,18H,4-6,8,10-11,13H2,1-3H3. The van der Waals surface area contributed by atoms with E-state index >= 15 is 0 Å². The van der Waals surface area contributed by atoms with Crippen molar-refractivity contribution in [2.24, 2.45) is 0 Å². The summed E-state index contributed by atoms with van der Waals surface area (Å²) in [7, 11) is 0. The number of hydrogen-bond acceptors (Lipinski definition) is 2. The molecule has 1 aromatic rings. The molecule has 1 amide bonds. The number of rotatable bonds is 7. The zero-order valence-corrected chi connectivity index (χ0v) is 13.6. The second kappa shape index (κ2) is 7.64. The molecule has 0 bridgehead atoms. The van der Waals surface area contributed by atoms with Crippen LogP contribution in [0.3, 0.4) is 0 Å². The smallest absolute Gasteiger partial charge is 0.270 e. The van der Waals surface area contributed by atoms with E-state index in [4.69, 9.17) is 0 Å². The van der Waals surface area contributed by atoms with Gasteiger partial charge < -0.3 is 14.8 Å². The number of nitrogens with one attached hydrogen (secondary N) is 1. The van der Waals surface area contributed by atoms with Crippen molar-refractivity contribution in [3.05, 3.63) is 24.0 Å². The molecule has 0 aromatic carbocycles. The highest BCUT2D eigenvalue weighted by Crippen LogP contribution is 2.15. The molecule has 0 spiro atoms. The lowest BCUT2D eigenvalue weighted by atomic mass is 10.2. The summed E-state index contributed by atoms with van der Waals surface area (Å²) in [6, 6.07) is 4.70. The van der Waals surface area contributed by atoms with E-state index in [1.807, 2.05) is 23.2 Å². The maximum absolute atomic E-state index is 12.9. The highest BCUT2D eigenvalue weighted by atomic mass is 16.2. The molecular weight excluding hydrogens is 262 g/mol. The summed E-state index contributed by atoms with van der Waals surface area (Å²) in [6.07, 6.45) is 6.60. The molecule has 0 aliphatic carbocycles. The fraction of sp³-hybridized carbons (Fsp3) is 0.706. The molecule has 2 rings (SSSR count). The van der Waals surface area contributed by atoms with Gasteiger partial charge in [0, 0.05) is 31.4 Å². The van der Waals surface area contributed by atoms with Crippen molar-refractivity contribution in [2.45, 2.75) is 58.5 Å². The lowest BCUT2D eigenvalue weighted by Crippen LogP contribution is -2.42. The molecule has 4 nitrogen and oxygen atoms in total. The van der Waals surface area contributed by atoms with Crippen molar-refractivity contribution >= 4 is 5.91 Å². The molecule has 1 saturated heterocycles. The molecule has 1 aromatic heterocycles. The van der Waals surface area contributed by atoms with Crippen LogP contribution in [0.1, 0.15) is 63.0 Å². The normalized spacial score (nSPS) is 18.4. The van der Waals surface area contributed by atoms with Gasteiger partial charge in [0.15, 0.2) is 0 Å². The predicted octanol–water partition coefficient (Wildman–Crippen LogP) is 3.06. The molecule has 1 atom stereocenters. The Kier molecular flexibility index (Phi) is 5.85. The molecule has 1 fully saturated rings. The van der Waals surface area contributed by atoms with Crippen molar-refractivity contribution in [1.29, 1.82) is 0 Å². The maximum atomic E-state index is 12.9. The Bertz CT molecular complexity index is 447.